The third-order valence-corrected chi connectivity index (χ3v) is 5.93. The van der Waals surface area contributed by atoms with E-state index in [4.69, 9.17) is 4.74 Å². The van der Waals surface area contributed by atoms with Crippen molar-refractivity contribution in [2.45, 2.75) is 23.8 Å². The maximum atomic E-state index is 11.5. The zero-order valence-corrected chi connectivity index (χ0v) is 9.96. The minimum Gasteiger partial charge on any atom is -0.466 e. The average Bonchev–Trinajstić information content (AvgIpc) is 2.05. The Morgan fingerprint density at radius 2 is 2.15 bits per heavy atom. The highest BCUT2D eigenvalue weighted by atomic mass is 32.2. The molecule has 0 aromatic rings. The summed E-state index contributed by atoms with van der Waals surface area (Å²) in [6.07, 6.45) is 6.25. The van der Waals surface area contributed by atoms with Crippen LogP contribution in [-0.4, -0.2) is 29.2 Å². The molecule has 0 heterocycles. The van der Waals surface area contributed by atoms with Crippen LogP contribution in [0.1, 0.15) is 19.8 Å². The van der Waals surface area contributed by atoms with Crippen LogP contribution in [0.15, 0.2) is 0 Å². The van der Waals surface area contributed by atoms with Gasteiger partial charge < -0.3 is 4.74 Å². The van der Waals surface area contributed by atoms with Gasteiger partial charge in [-0.1, -0.05) is 0 Å². The van der Waals surface area contributed by atoms with Crippen molar-refractivity contribution >= 4 is 29.5 Å². The first-order chi connectivity index (χ1) is 6.20. The van der Waals surface area contributed by atoms with Gasteiger partial charge in [-0.05, 0) is 32.3 Å². The van der Waals surface area contributed by atoms with Gasteiger partial charge in [0.15, 0.2) is 0 Å². The van der Waals surface area contributed by atoms with Gasteiger partial charge in [-0.2, -0.15) is 0 Å². The minimum absolute atomic E-state index is 0.0162. The summed E-state index contributed by atoms with van der Waals surface area (Å²) in [5.41, 5.74) is 0. The Kier molecular flexibility index (Phi) is 3.98. The molecule has 0 aromatic heterocycles. The molecule has 0 bridgehead atoms. The van der Waals surface area contributed by atoms with E-state index in [9.17, 15) is 4.79 Å². The van der Waals surface area contributed by atoms with Gasteiger partial charge in [0.05, 0.1) is 16.6 Å². The summed E-state index contributed by atoms with van der Waals surface area (Å²) in [6.45, 7) is 2.35. The van der Waals surface area contributed by atoms with Crippen LogP contribution in [-0.2, 0) is 9.53 Å². The van der Waals surface area contributed by atoms with Crippen LogP contribution in [0.3, 0.4) is 0 Å². The molecule has 0 aliphatic heterocycles. The number of carbonyl (C=O) groups is 1. The smallest absolute Gasteiger partial charge is 0.311 e. The van der Waals surface area contributed by atoms with E-state index in [0.29, 0.717) is 6.61 Å². The Hall–Kier alpha value is 0.170. The summed E-state index contributed by atoms with van der Waals surface area (Å²) in [4.78, 5) is 11.5. The van der Waals surface area contributed by atoms with E-state index in [-0.39, 0.29) is 16.0 Å². The van der Waals surface area contributed by atoms with Crippen molar-refractivity contribution in [2.75, 3.05) is 19.1 Å². The van der Waals surface area contributed by atoms with Gasteiger partial charge in [-0.15, -0.1) is 23.5 Å². The first-order valence-electron chi connectivity index (χ1n) is 4.47. The molecule has 1 atom stereocenters. The van der Waals surface area contributed by atoms with Crippen LogP contribution in [0, 0.1) is 5.92 Å². The van der Waals surface area contributed by atoms with Crippen molar-refractivity contribution < 1.29 is 9.53 Å². The maximum absolute atomic E-state index is 11.5. The van der Waals surface area contributed by atoms with E-state index in [1.807, 2.05) is 6.92 Å². The van der Waals surface area contributed by atoms with E-state index in [1.165, 1.54) is 0 Å². The number of rotatable bonds is 4. The predicted molar refractivity (Wildman–Crippen MR) is 59.1 cm³/mol. The molecule has 0 aromatic carbocycles. The molecular formula is C9H16O2S2. The second kappa shape index (κ2) is 4.60. The molecular weight excluding hydrogens is 204 g/mol. The van der Waals surface area contributed by atoms with E-state index >= 15 is 0 Å². The molecule has 76 valence electrons. The monoisotopic (exact) mass is 220 g/mol. The van der Waals surface area contributed by atoms with Crippen LogP contribution in [0.2, 0.25) is 0 Å². The normalized spacial score (nSPS) is 25.0. The third kappa shape index (κ3) is 1.99. The Morgan fingerprint density at radius 3 is 2.46 bits per heavy atom. The number of ether oxygens (including phenoxy) is 1. The quantitative estimate of drug-likeness (QED) is 0.537. The maximum Gasteiger partial charge on any atom is 0.311 e. The third-order valence-electron chi connectivity index (χ3n) is 2.57. The summed E-state index contributed by atoms with van der Waals surface area (Å²) in [5.74, 6) is 0.0925. The number of carbonyl (C=O) groups excluding carboxylic acids is 1. The van der Waals surface area contributed by atoms with Crippen LogP contribution >= 0.6 is 23.5 Å². The lowest BCUT2D eigenvalue weighted by Gasteiger charge is -2.45. The standard InChI is InChI=1S/C9H16O2S2/c1-4-11-8(10)7-5-6-9(7,12-2)13-3/h7H,4-6H2,1-3H3. The van der Waals surface area contributed by atoms with Crippen LogP contribution in [0.4, 0.5) is 0 Å². The van der Waals surface area contributed by atoms with Crippen molar-refractivity contribution in [1.29, 1.82) is 0 Å². The zero-order chi connectivity index (χ0) is 9.90. The molecule has 0 radical (unpaired) electrons. The second-order valence-corrected chi connectivity index (χ2v) is 5.60. The van der Waals surface area contributed by atoms with Gasteiger partial charge in [0, 0.05) is 0 Å². The molecule has 1 aliphatic rings. The highest BCUT2D eigenvalue weighted by Crippen LogP contribution is 2.55. The molecule has 1 fully saturated rings. The van der Waals surface area contributed by atoms with Crippen molar-refractivity contribution in [2.24, 2.45) is 5.92 Å². The van der Waals surface area contributed by atoms with E-state index in [2.05, 4.69) is 12.5 Å². The van der Waals surface area contributed by atoms with Gasteiger partial charge in [-0.3, -0.25) is 4.79 Å². The van der Waals surface area contributed by atoms with Crippen LogP contribution in [0.25, 0.3) is 0 Å². The van der Waals surface area contributed by atoms with Crippen LogP contribution < -0.4 is 0 Å². The number of hydrogen-bond acceptors (Lipinski definition) is 4. The van der Waals surface area contributed by atoms with Crippen molar-refractivity contribution in [1.82, 2.24) is 0 Å². The van der Waals surface area contributed by atoms with Crippen molar-refractivity contribution in [3.8, 4) is 0 Å². The summed E-state index contributed by atoms with van der Waals surface area (Å²) in [5, 5.41) is 0. The highest BCUT2D eigenvalue weighted by Gasteiger charge is 2.50. The fourth-order valence-corrected chi connectivity index (χ4v) is 3.94. The summed E-state index contributed by atoms with van der Waals surface area (Å²) < 4.78 is 5.14. The second-order valence-electron chi connectivity index (χ2n) is 3.06. The predicted octanol–water partition coefficient (Wildman–Crippen LogP) is 2.38. The molecule has 1 rings (SSSR count). The first kappa shape index (κ1) is 11.2. The molecule has 1 unspecified atom stereocenters. The largest absolute Gasteiger partial charge is 0.466 e. The topological polar surface area (TPSA) is 26.3 Å². The zero-order valence-electron chi connectivity index (χ0n) is 8.33. The molecule has 0 saturated heterocycles. The molecule has 13 heavy (non-hydrogen) atoms. The molecule has 0 N–H and O–H groups in total. The minimum atomic E-state index is -0.0162. The number of hydrogen-bond donors (Lipinski definition) is 0. The molecule has 0 amide bonds. The van der Waals surface area contributed by atoms with E-state index < -0.39 is 0 Å². The Balaban J connectivity index is 2.56. The Labute approximate surface area is 88.2 Å². The number of esters is 1. The Morgan fingerprint density at radius 1 is 1.54 bits per heavy atom. The molecule has 1 aliphatic carbocycles. The van der Waals surface area contributed by atoms with Crippen molar-refractivity contribution in [3.05, 3.63) is 0 Å². The molecule has 4 heteroatoms. The Bertz CT molecular complexity index is 185. The SMILES string of the molecule is CCOC(=O)C1CCC1(SC)SC. The lowest BCUT2D eigenvalue weighted by Crippen LogP contribution is -2.46. The van der Waals surface area contributed by atoms with Crippen LogP contribution in [0.5, 0.6) is 0 Å². The lowest BCUT2D eigenvalue weighted by atomic mass is 9.84. The fraction of sp³-hybridized carbons (Fsp3) is 0.889. The van der Waals surface area contributed by atoms with E-state index in [0.717, 1.165) is 12.8 Å². The number of thioether (sulfide) groups is 2. The van der Waals surface area contributed by atoms with E-state index in [1.54, 1.807) is 23.5 Å². The van der Waals surface area contributed by atoms with Gasteiger partial charge in [0.2, 0.25) is 0 Å². The van der Waals surface area contributed by atoms with Crippen molar-refractivity contribution in [3.63, 3.8) is 0 Å². The lowest BCUT2D eigenvalue weighted by molar-refractivity contribution is -0.151. The summed E-state index contributed by atoms with van der Waals surface area (Å²) in [7, 11) is 0. The van der Waals surface area contributed by atoms with Gasteiger partial charge in [-0.25, -0.2) is 0 Å². The van der Waals surface area contributed by atoms with Gasteiger partial charge in [0.1, 0.15) is 0 Å². The molecule has 0 spiro atoms. The fourth-order valence-electron chi connectivity index (χ4n) is 1.64. The summed E-state index contributed by atoms with van der Waals surface area (Å²) in [6, 6.07) is 0. The molecule has 2 nitrogen and oxygen atoms in total. The first-order valence-corrected chi connectivity index (χ1v) is 6.92. The average molecular weight is 220 g/mol. The van der Waals surface area contributed by atoms with Gasteiger partial charge in [0.25, 0.3) is 0 Å². The highest BCUT2D eigenvalue weighted by molar-refractivity contribution is 8.17. The summed E-state index contributed by atoms with van der Waals surface area (Å²) >= 11 is 3.57. The molecule has 1 saturated carbocycles. The van der Waals surface area contributed by atoms with Gasteiger partial charge >= 0.3 is 5.97 Å².